The van der Waals surface area contributed by atoms with Crippen molar-refractivity contribution in [2.75, 3.05) is 11.9 Å². The Bertz CT molecular complexity index is 539. The predicted molar refractivity (Wildman–Crippen MR) is 64.4 cm³/mol. The first-order valence-electron chi connectivity index (χ1n) is 5.06. The van der Waals surface area contributed by atoms with Crippen LogP contribution in [0.25, 0.3) is 0 Å². The minimum atomic E-state index is -0.363. The maximum Gasteiger partial charge on any atom is 0.270 e. The second-order valence-corrected chi connectivity index (χ2v) is 3.83. The monoisotopic (exact) mass is 267 g/mol. The van der Waals surface area contributed by atoms with Crippen molar-refractivity contribution in [3.63, 3.8) is 0 Å². The molecule has 0 radical (unpaired) electrons. The van der Waals surface area contributed by atoms with Gasteiger partial charge in [0, 0.05) is 5.02 Å². The molecule has 2 aromatic rings. The van der Waals surface area contributed by atoms with E-state index < -0.39 is 0 Å². The second-order valence-electron chi connectivity index (χ2n) is 3.39. The van der Waals surface area contributed by atoms with Gasteiger partial charge in [-0.3, -0.25) is 10.1 Å². The molecule has 0 saturated heterocycles. The van der Waals surface area contributed by atoms with E-state index in [1.54, 1.807) is 31.3 Å². The van der Waals surface area contributed by atoms with Gasteiger partial charge in [-0.1, -0.05) is 16.7 Å². The summed E-state index contributed by atoms with van der Waals surface area (Å²) in [5, 5.41) is 14.1. The van der Waals surface area contributed by atoms with Crippen molar-refractivity contribution in [3.05, 3.63) is 29.3 Å². The zero-order valence-electron chi connectivity index (χ0n) is 9.50. The maximum absolute atomic E-state index is 11.5. The molecule has 1 heterocycles. The van der Waals surface area contributed by atoms with Gasteiger partial charge < -0.3 is 4.74 Å². The Balaban J connectivity index is 1.83. The fourth-order valence-corrected chi connectivity index (χ4v) is 1.30. The minimum Gasteiger partial charge on any atom is -0.484 e. The largest absolute Gasteiger partial charge is 0.484 e. The average Bonchev–Trinajstić information content (AvgIpc) is 2.74. The van der Waals surface area contributed by atoms with Gasteiger partial charge in [-0.2, -0.15) is 4.80 Å². The summed E-state index contributed by atoms with van der Waals surface area (Å²) in [4.78, 5) is 12.7. The number of tetrazole rings is 1. The molecule has 1 aromatic heterocycles. The number of aromatic nitrogens is 4. The number of benzene rings is 1. The van der Waals surface area contributed by atoms with Gasteiger partial charge in [0.15, 0.2) is 6.61 Å². The molecule has 0 aliphatic heterocycles. The number of halogens is 1. The van der Waals surface area contributed by atoms with Crippen LogP contribution in [0.5, 0.6) is 5.75 Å². The van der Waals surface area contributed by atoms with E-state index in [9.17, 15) is 4.79 Å². The van der Waals surface area contributed by atoms with Crippen molar-refractivity contribution in [2.45, 2.75) is 0 Å². The van der Waals surface area contributed by atoms with E-state index in [1.165, 1.54) is 4.80 Å². The SMILES string of the molecule is Cn1nnc(NC(=O)COc2ccc(Cl)cc2)n1. The Kier molecular flexibility index (Phi) is 3.73. The van der Waals surface area contributed by atoms with Crippen molar-refractivity contribution >= 4 is 23.5 Å². The lowest BCUT2D eigenvalue weighted by Crippen LogP contribution is -2.21. The molecule has 0 aliphatic carbocycles. The molecule has 1 aromatic carbocycles. The summed E-state index contributed by atoms with van der Waals surface area (Å²) in [6, 6.07) is 6.71. The van der Waals surface area contributed by atoms with Crippen LogP contribution in [0.4, 0.5) is 5.95 Å². The molecule has 94 valence electrons. The number of carbonyl (C=O) groups excluding carboxylic acids is 1. The van der Waals surface area contributed by atoms with Crippen LogP contribution in [0.3, 0.4) is 0 Å². The van der Waals surface area contributed by atoms with E-state index >= 15 is 0 Å². The first-order chi connectivity index (χ1) is 8.63. The van der Waals surface area contributed by atoms with Crippen LogP contribution in [0, 0.1) is 0 Å². The van der Waals surface area contributed by atoms with Crippen molar-refractivity contribution in [2.24, 2.45) is 7.05 Å². The summed E-state index contributed by atoms with van der Waals surface area (Å²) in [6.45, 7) is -0.139. The lowest BCUT2D eigenvalue weighted by Gasteiger charge is -2.04. The molecule has 7 nitrogen and oxygen atoms in total. The third kappa shape index (κ3) is 3.42. The topological polar surface area (TPSA) is 81.9 Å². The van der Waals surface area contributed by atoms with E-state index in [4.69, 9.17) is 16.3 Å². The molecule has 1 N–H and O–H groups in total. The zero-order chi connectivity index (χ0) is 13.0. The van der Waals surface area contributed by atoms with Crippen molar-refractivity contribution in [1.82, 2.24) is 20.2 Å². The van der Waals surface area contributed by atoms with Gasteiger partial charge in [0.25, 0.3) is 11.9 Å². The second kappa shape index (κ2) is 5.46. The van der Waals surface area contributed by atoms with E-state index in [2.05, 4.69) is 20.7 Å². The smallest absolute Gasteiger partial charge is 0.270 e. The highest BCUT2D eigenvalue weighted by molar-refractivity contribution is 6.30. The van der Waals surface area contributed by atoms with Crippen LogP contribution in [0.2, 0.25) is 5.02 Å². The highest BCUT2D eigenvalue weighted by atomic mass is 35.5. The summed E-state index contributed by atoms with van der Waals surface area (Å²) in [5.41, 5.74) is 0. The highest BCUT2D eigenvalue weighted by Gasteiger charge is 2.07. The molecule has 0 atom stereocenters. The van der Waals surface area contributed by atoms with Gasteiger partial charge in [-0.25, -0.2) is 0 Å². The summed E-state index contributed by atoms with van der Waals surface area (Å²) in [7, 11) is 1.60. The first-order valence-corrected chi connectivity index (χ1v) is 5.43. The summed E-state index contributed by atoms with van der Waals surface area (Å²) in [5.74, 6) is 0.335. The van der Waals surface area contributed by atoms with Crippen LogP contribution in [-0.2, 0) is 11.8 Å². The Morgan fingerprint density at radius 3 is 2.78 bits per heavy atom. The molecule has 2 rings (SSSR count). The van der Waals surface area contributed by atoms with Gasteiger partial charge in [0.2, 0.25) is 0 Å². The number of carbonyl (C=O) groups is 1. The molecule has 1 amide bonds. The van der Waals surface area contributed by atoms with E-state index in [-0.39, 0.29) is 18.5 Å². The Labute approximate surface area is 108 Å². The number of hydrogen-bond donors (Lipinski definition) is 1. The predicted octanol–water partition coefficient (Wildman–Crippen LogP) is 0.881. The third-order valence-electron chi connectivity index (χ3n) is 1.94. The molecule has 0 saturated carbocycles. The number of nitrogens with one attached hydrogen (secondary N) is 1. The van der Waals surface area contributed by atoms with Gasteiger partial charge in [0.1, 0.15) is 5.75 Å². The van der Waals surface area contributed by atoms with Gasteiger partial charge >= 0.3 is 0 Å². The van der Waals surface area contributed by atoms with Crippen molar-refractivity contribution in [3.8, 4) is 5.75 Å². The number of ether oxygens (including phenoxy) is 1. The fourth-order valence-electron chi connectivity index (χ4n) is 1.17. The normalized spacial score (nSPS) is 10.1. The average molecular weight is 268 g/mol. The lowest BCUT2D eigenvalue weighted by atomic mass is 10.3. The van der Waals surface area contributed by atoms with Gasteiger partial charge in [-0.05, 0) is 29.5 Å². The maximum atomic E-state index is 11.5. The number of anilines is 1. The Hall–Kier alpha value is -2.15. The first kappa shape index (κ1) is 12.3. The third-order valence-corrected chi connectivity index (χ3v) is 2.20. The standard InChI is InChI=1S/C10H10ClN5O2/c1-16-14-10(13-15-16)12-9(17)6-18-8-4-2-7(11)3-5-8/h2-5H,6H2,1H3,(H,12,14,17). The molecule has 0 spiro atoms. The lowest BCUT2D eigenvalue weighted by molar-refractivity contribution is -0.118. The van der Waals surface area contributed by atoms with E-state index in [0.29, 0.717) is 10.8 Å². The van der Waals surface area contributed by atoms with Gasteiger partial charge in [0.05, 0.1) is 7.05 Å². The number of amides is 1. The van der Waals surface area contributed by atoms with Crippen LogP contribution in [0.1, 0.15) is 0 Å². The van der Waals surface area contributed by atoms with Crippen LogP contribution >= 0.6 is 11.6 Å². The zero-order valence-corrected chi connectivity index (χ0v) is 10.3. The Morgan fingerprint density at radius 2 is 2.17 bits per heavy atom. The quantitative estimate of drug-likeness (QED) is 0.889. The molecule has 0 unspecified atom stereocenters. The van der Waals surface area contributed by atoms with E-state index in [1.807, 2.05) is 0 Å². The molecule has 0 bridgehead atoms. The van der Waals surface area contributed by atoms with Gasteiger partial charge in [-0.15, -0.1) is 5.10 Å². The summed E-state index contributed by atoms with van der Waals surface area (Å²) < 4.78 is 5.25. The molecule has 0 aliphatic rings. The number of nitrogens with zero attached hydrogens (tertiary/aromatic N) is 4. The summed E-state index contributed by atoms with van der Waals surface area (Å²) in [6.07, 6.45) is 0. The highest BCUT2D eigenvalue weighted by Crippen LogP contribution is 2.15. The molecular weight excluding hydrogens is 258 g/mol. The Morgan fingerprint density at radius 1 is 1.44 bits per heavy atom. The van der Waals surface area contributed by atoms with E-state index in [0.717, 1.165) is 0 Å². The molecular formula is C10H10ClN5O2. The number of rotatable bonds is 4. The van der Waals surface area contributed by atoms with Crippen LogP contribution in [0.15, 0.2) is 24.3 Å². The summed E-state index contributed by atoms with van der Waals surface area (Å²) >= 11 is 5.72. The minimum absolute atomic E-state index is 0.139. The molecule has 8 heteroatoms. The van der Waals surface area contributed by atoms with Crippen LogP contribution < -0.4 is 10.1 Å². The van der Waals surface area contributed by atoms with Crippen LogP contribution in [-0.4, -0.2) is 32.7 Å². The fraction of sp³-hybridized carbons (Fsp3) is 0.200. The molecule has 0 fully saturated rings. The number of aryl methyl sites for hydroxylation is 1. The van der Waals surface area contributed by atoms with Crippen molar-refractivity contribution in [1.29, 1.82) is 0 Å². The van der Waals surface area contributed by atoms with Crippen molar-refractivity contribution < 1.29 is 9.53 Å². The molecule has 18 heavy (non-hydrogen) atoms. The number of hydrogen-bond acceptors (Lipinski definition) is 5.